The van der Waals surface area contributed by atoms with Gasteiger partial charge in [0.1, 0.15) is 16.8 Å². The van der Waals surface area contributed by atoms with Gasteiger partial charge in [0.05, 0.1) is 24.4 Å². The van der Waals surface area contributed by atoms with E-state index >= 15 is 0 Å². The lowest BCUT2D eigenvalue weighted by molar-refractivity contribution is 0.0737. The molecule has 0 aliphatic carbocycles. The average Bonchev–Trinajstić information content (AvgIpc) is 3.67. The maximum absolute atomic E-state index is 14.4. The molecule has 2 aliphatic rings. The highest BCUT2D eigenvalue weighted by Crippen LogP contribution is 2.35. The van der Waals surface area contributed by atoms with Crippen molar-refractivity contribution < 1.29 is 19.0 Å². The minimum Gasteiger partial charge on any atom is -0.384 e. The molecule has 1 fully saturated rings. The monoisotopic (exact) mass is 796 g/mol. The molecule has 302 valence electrons. The molecule has 2 aliphatic heterocycles. The van der Waals surface area contributed by atoms with Gasteiger partial charge in [-0.05, 0) is 85.5 Å². The number of carbonyl (C=O) groups excluding carboxylic acids is 1. The number of anilines is 3. The largest absolute Gasteiger partial charge is 0.384 e. The number of H-pyrrole nitrogens is 1. The molecular weight excluding hydrogens is 752 g/mol. The number of aliphatic hydroxyl groups is 1. The summed E-state index contributed by atoms with van der Waals surface area (Å²) in [6, 6.07) is 24.8. The molecule has 6 heterocycles. The fourth-order valence-corrected chi connectivity index (χ4v) is 8.10. The van der Waals surface area contributed by atoms with Crippen molar-refractivity contribution in [1.82, 2.24) is 39.5 Å². The predicted molar refractivity (Wildman–Crippen MR) is 225 cm³/mol. The first kappa shape index (κ1) is 38.1. The summed E-state index contributed by atoms with van der Waals surface area (Å²) in [5, 5.41) is 18.0. The lowest BCUT2D eigenvalue weighted by Gasteiger charge is -2.36. The van der Waals surface area contributed by atoms with E-state index in [1.165, 1.54) is 28.6 Å². The van der Waals surface area contributed by atoms with E-state index in [1.54, 1.807) is 43.8 Å². The Hall–Kier alpha value is -6.42. The van der Waals surface area contributed by atoms with Crippen LogP contribution in [0, 0.1) is 5.82 Å². The van der Waals surface area contributed by atoms with Gasteiger partial charge in [-0.2, -0.15) is 4.98 Å². The molecule has 9 rings (SSSR count). The van der Waals surface area contributed by atoms with Crippen LogP contribution in [-0.4, -0.2) is 91.7 Å². The third-order valence-electron chi connectivity index (χ3n) is 11.1. The molecule has 7 aromatic rings. The van der Waals surface area contributed by atoms with Gasteiger partial charge in [-0.3, -0.25) is 14.5 Å². The number of nitrogens with one attached hydrogen (secondary N) is 3. The van der Waals surface area contributed by atoms with Crippen LogP contribution in [0.15, 0.2) is 89.9 Å². The fourth-order valence-electron chi connectivity index (χ4n) is 8.10. The minimum atomic E-state index is -1.18. The topological polar surface area (TPSA) is 158 Å². The molecule has 3 aromatic carbocycles. The quantitative estimate of drug-likeness (QED) is 0.132. The van der Waals surface area contributed by atoms with Crippen LogP contribution in [0.5, 0.6) is 0 Å². The van der Waals surface area contributed by atoms with Crippen LogP contribution in [0.3, 0.4) is 0 Å². The number of amides is 1. The Morgan fingerprint density at radius 2 is 1.75 bits per heavy atom. The van der Waals surface area contributed by atoms with E-state index < -0.39 is 11.4 Å². The number of rotatable bonds is 11. The average molecular weight is 797 g/mol. The van der Waals surface area contributed by atoms with E-state index in [9.17, 15) is 19.1 Å². The number of carbonyl (C=O) groups is 1. The van der Waals surface area contributed by atoms with Crippen LogP contribution in [-0.2, 0) is 29.8 Å². The first-order valence-electron chi connectivity index (χ1n) is 19.8. The van der Waals surface area contributed by atoms with Crippen LogP contribution in [0.1, 0.15) is 41.0 Å². The van der Waals surface area contributed by atoms with Crippen LogP contribution in [0.4, 0.5) is 21.7 Å². The lowest BCUT2D eigenvalue weighted by atomic mass is 9.99. The second-order valence-corrected chi connectivity index (χ2v) is 15.6. The summed E-state index contributed by atoms with van der Waals surface area (Å²) >= 11 is 0. The van der Waals surface area contributed by atoms with Gasteiger partial charge in [-0.1, -0.05) is 30.3 Å². The number of aromatic nitrogens is 6. The van der Waals surface area contributed by atoms with Crippen molar-refractivity contribution in [1.29, 1.82) is 0 Å². The van der Waals surface area contributed by atoms with E-state index in [1.807, 2.05) is 12.1 Å². The van der Waals surface area contributed by atoms with Crippen LogP contribution >= 0.6 is 0 Å². The Morgan fingerprint density at radius 3 is 2.49 bits per heavy atom. The number of methoxy groups -OCH3 is 1. The number of ether oxygens (including phenoxy) is 1. The van der Waals surface area contributed by atoms with Crippen molar-refractivity contribution >= 4 is 45.2 Å². The molecule has 0 atom stereocenters. The summed E-state index contributed by atoms with van der Waals surface area (Å²) in [6.07, 6.45) is 2.20. The van der Waals surface area contributed by atoms with Gasteiger partial charge >= 0.3 is 0 Å². The Bertz CT molecular complexity index is 2740. The van der Waals surface area contributed by atoms with Crippen LogP contribution in [0.25, 0.3) is 39.0 Å². The number of fused-ring (bicyclic) bond motifs is 1. The smallest absolute Gasteiger partial charge is 0.278 e. The summed E-state index contributed by atoms with van der Waals surface area (Å²) in [6.45, 7) is 8.84. The molecule has 4 aromatic heterocycles. The Kier molecular flexibility index (Phi) is 9.95. The third kappa shape index (κ3) is 7.44. The van der Waals surface area contributed by atoms with Crippen LogP contribution in [0.2, 0.25) is 0 Å². The minimum absolute atomic E-state index is 0.241. The summed E-state index contributed by atoms with van der Waals surface area (Å²) < 4.78 is 22.8. The number of piperazine rings is 1. The van der Waals surface area contributed by atoms with E-state index in [0.29, 0.717) is 59.1 Å². The maximum Gasteiger partial charge on any atom is 0.278 e. The molecule has 4 N–H and O–H groups in total. The van der Waals surface area contributed by atoms with E-state index in [2.05, 4.69) is 71.8 Å². The highest BCUT2D eigenvalue weighted by Gasteiger charge is 2.25. The van der Waals surface area contributed by atoms with Gasteiger partial charge in [0.25, 0.3) is 11.5 Å². The molecule has 1 amide bonds. The van der Waals surface area contributed by atoms with Gasteiger partial charge in [0.15, 0.2) is 11.5 Å². The summed E-state index contributed by atoms with van der Waals surface area (Å²) in [4.78, 5) is 48.3. The first-order valence-corrected chi connectivity index (χ1v) is 19.8. The molecular formula is C44H45FN10O4. The first-order chi connectivity index (χ1) is 28.5. The number of aromatic amines is 1. The standard InChI is InChI=1S/C44H45FN10O4/c1-44(2,58)36-5-4-6-37(50-36)55-40-34(42(57)54(55)21-22-59-3)25-47-43(51-40)48-30-11-13-31(14-12-30)53-19-17-52(18-20-53)26-27-7-9-28(10-8-27)39-32-15-16-46-41(56)33-23-29(45)24-35(49-39)38(32)33/h4-14,23-25,49,58H,15-22,26H2,1-3H3,(H,46,56)(H,47,48,51). The molecule has 59 heavy (non-hydrogen) atoms. The van der Waals surface area contributed by atoms with Crippen molar-refractivity contribution in [3.05, 3.63) is 124 Å². The van der Waals surface area contributed by atoms with Crippen molar-refractivity contribution in [2.75, 3.05) is 56.7 Å². The summed E-state index contributed by atoms with van der Waals surface area (Å²) in [5.41, 5.74) is 6.54. The van der Waals surface area contributed by atoms with Gasteiger partial charge in [0, 0.05) is 80.5 Å². The molecule has 1 saturated heterocycles. The summed E-state index contributed by atoms with van der Waals surface area (Å²) in [5.74, 6) is 0.0967. The highest BCUT2D eigenvalue weighted by atomic mass is 19.1. The molecule has 0 saturated carbocycles. The summed E-state index contributed by atoms with van der Waals surface area (Å²) in [7, 11) is 1.58. The van der Waals surface area contributed by atoms with Crippen molar-refractivity contribution in [2.45, 2.75) is 39.0 Å². The van der Waals surface area contributed by atoms with Gasteiger partial charge in [0.2, 0.25) is 5.95 Å². The number of benzene rings is 3. The zero-order chi connectivity index (χ0) is 40.8. The van der Waals surface area contributed by atoms with E-state index in [4.69, 9.17) is 9.72 Å². The Labute approximate surface area is 339 Å². The molecule has 0 unspecified atom stereocenters. The second kappa shape index (κ2) is 15.4. The highest BCUT2D eigenvalue weighted by molar-refractivity contribution is 6.10. The molecule has 0 bridgehead atoms. The SMILES string of the molecule is COCCn1c(=O)c2cnc(Nc3ccc(N4CCN(Cc5ccc(-c6[nH]c7cc(F)cc8c7c6CCNC8=O)cc5)CC4)cc3)nc2n1-c1cccc(C(C)(C)O)n1. The van der Waals surface area contributed by atoms with Crippen molar-refractivity contribution in [2.24, 2.45) is 0 Å². The third-order valence-corrected chi connectivity index (χ3v) is 11.1. The maximum atomic E-state index is 14.4. The number of halogens is 1. The van der Waals surface area contributed by atoms with Crippen molar-refractivity contribution in [3.8, 4) is 17.1 Å². The van der Waals surface area contributed by atoms with E-state index in [-0.39, 0.29) is 18.0 Å². The molecule has 0 spiro atoms. The van der Waals surface area contributed by atoms with E-state index in [0.717, 1.165) is 66.3 Å². The normalized spacial score (nSPS) is 14.9. The molecule has 14 nitrogen and oxygen atoms in total. The van der Waals surface area contributed by atoms with Gasteiger partial charge in [-0.25, -0.2) is 23.7 Å². The predicted octanol–water partition coefficient (Wildman–Crippen LogP) is 5.49. The zero-order valence-electron chi connectivity index (χ0n) is 33.1. The number of nitrogens with zero attached hydrogens (tertiary/aromatic N) is 7. The van der Waals surface area contributed by atoms with Crippen LogP contribution < -0.4 is 21.1 Å². The van der Waals surface area contributed by atoms with Gasteiger partial charge < -0.3 is 30.4 Å². The van der Waals surface area contributed by atoms with Gasteiger partial charge in [-0.15, -0.1) is 0 Å². The Morgan fingerprint density at radius 1 is 0.966 bits per heavy atom. The van der Waals surface area contributed by atoms with Crippen molar-refractivity contribution in [3.63, 3.8) is 0 Å². The molecule has 0 radical (unpaired) electrons. The second-order valence-electron chi connectivity index (χ2n) is 15.6. The number of pyridine rings is 1. The number of hydrogen-bond donors (Lipinski definition) is 4. The fraction of sp³-hybridized carbons (Fsp3) is 0.295. The lowest BCUT2D eigenvalue weighted by Crippen LogP contribution is -2.45. The number of hydrogen-bond acceptors (Lipinski definition) is 10. The Balaban J connectivity index is 0.855. The molecule has 15 heteroatoms. The zero-order valence-corrected chi connectivity index (χ0v) is 33.1.